The number of hydrogen-bond acceptors (Lipinski definition) is 7. The molecule has 2 aromatic rings. The van der Waals surface area contributed by atoms with Crippen LogP contribution in [0.3, 0.4) is 0 Å². The number of thiazole rings is 1. The molecule has 1 unspecified atom stereocenters. The van der Waals surface area contributed by atoms with Crippen molar-refractivity contribution in [1.82, 2.24) is 4.98 Å². The van der Waals surface area contributed by atoms with Gasteiger partial charge in [-0.25, -0.2) is 4.98 Å². The Bertz CT molecular complexity index is 729. The summed E-state index contributed by atoms with van der Waals surface area (Å²) in [6.45, 7) is 0. The first-order valence-electron chi connectivity index (χ1n) is 5.53. The predicted octanol–water partition coefficient (Wildman–Crippen LogP) is 2.22. The highest BCUT2D eigenvalue weighted by atomic mass is 32.2. The summed E-state index contributed by atoms with van der Waals surface area (Å²) in [7, 11) is 0. The quantitative estimate of drug-likeness (QED) is 0.469. The van der Waals surface area contributed by atoms with E-state index in [2.05, 4.69) is 4.98 Å². The molecule has 8 nitrogen and oxygen atoms in total. The van der Waals surface area contributed by atoms with Crippen molar-refractivity contribution in [2.45, 2.75) is 16.0 Å². The van der Waals surface area contributed by atoms with E-state index in [4.69, 9.17) is 10.2 Å². The zero-order chi connectivity index (χ0) is 15.6. The standard InChI is InChI=1S/C11H8N2O6S2/c14-9(15)4-8(10(16)17)21-11-12-6-3-5(13(18)19)1-2-7(6)20-11/h1-3,8H,4H2,(H,14,15)(H,16,17). The van der Waals surface area contributed by atoms with Gasteiger partial charge in [-0.05, 0) is 6.07 Å². The fourth-order valence-corrected chi connectivity index (χ4v) is 3.73. The van der Waals surface area contributed by atoms with E-state index in [-0.39, 0.29) is 5.69 Å². The van der Waals surface area contributed by atoms with Crippen molar-refractivity contribution in [1.29, 1.82) is 0 Å². The molecule has 21 heavy (non-hydrogen) atoms. The minimum atomic E-state index is -1.24. The van der Waals surface area contributed by atoms with E-state index in [1.165, 1.54) is 18.2 Å². The fourth-order valence-electron chi connectivity index (χ4n) is 1.52. The number of non-ortho nitro benzene ring substituents is 1. The minimum Gasteiger partial charge on any atom is -0.481 e. The molecule has 0 spiro atoms. The zero-order valence-electron chi connectivity index (χ0n) is 10.3. The van der Waals surface area contributed by atoms with Crippen molar-refractivity contribution in [3.8, 4) is 0 Å². The predicted molar refractivity (Wildman–Crippen MR) is 75.8 cm³/mol. The number of aliphatic carboxylic acids is 2. The fraction of sp³-hybridized carbons (Fsp3) is 0.182. The lowest BCUT2D eigenvalue weighted by Crippen LogP contribution is -2.20. The number of nitro benzene ring substituents is 1. The van der Waals surface area contributed by atoms with Crippen molar-refractivity contribution in [3.63, 3.8) is 0 Å². The number of carboxylic acids is 2. The Morgan fingerprint density at radius 3 is 2.71 bits per heavy atom. The highest BCUT2D eigenvalue weighted by Gasteiger charge is 2.24. The third-order valence-electron chi connectivity index (χ3n) is 2.44. The average Bonchev–Trinajstić information content (AvgIpc) is 2.78. The number of carboxylic acid groups (broad SMARTS) is 2. The summed E-state index contributed by atoms with van der Waals surface area (Å²) < 4.78 is 1.03. The van der Waals surface area contributed by atoms with Crippen LogP contribution in [0.15, 0.2) is 22.5 Å². The topological polar surface area (TPSA) is 131 Å². The molecule has 2 rings (SSSR count). The van der Waals surface area contributed by atoms with E-state index in [0.717, 1.165) is 23.1 Å². The Morgan fingerprint density at radius 2 is 2.14 bits per heavy atom. The normalized spacial score (nSPS) is 12.2. The lowest BCUT2D eigenvalue weighted by atomic mass is 10.3. The van der Waals surface area contributed by atoms with E-state index in [1.54, 1.807) is 0 Å². The minimum absolute atomic E-state index is 0.107. The molecule has 2 N–H and O–H groups in total. The maximum Gasteiger partial charge on any atom is 0.317 e. The molecule has 0 radical (unpaired) electrons. The number of hydrogen-bond donors (Lipinski definition) is 2. The van der Waals surface area contributed by atoms with E-state index < -0.39 is 28.5 Å². The van der Waals surface area contributed by atoms with Crippen LogP contribution in [0.5, 0.6) is 0 Å². The molecule has 0 aliphatic rings. The molecule has 1 heterocycles. The van der Waals surface area contributed by atoms with Crippen molar-refractivity contribution in [2.24, 2.45) is 0 Å². The summed E-state index contributed by atoms with van der Waals surface area (Å²) in [5, 5.41) is 27.2. The number of fused-ring (bicyclic) bond motifs is 1. The molecule has 0 fully saturated rings. The molecule has 0 bridgehead atoms. The smallest absolute Gasteiger partial charge is 0.317 e. The van der Waals surface area contributed by atoms with E-state index in [0.29, 0.717) is 14.6 Å². The molecule has 0 saturated carbocycles. The number of aromatic nitrogens is 1. The third-order valence-corrected chi connectivity index (χ3v) is 4.76. The third kappa shape index (κ3) is 3.67. The van der Waals surface area contributed by atoms with Gasteiger partial charge in [-0.2, -0.15) is 0 Å². The number of thioether (sulfide) groups is 1. The van der Waals surface area contributed by atoms with Crippen LogP contribution in [0, 0.1) is 10.1 Å². The lowest BCUT2D eigenvalue weighted by Gasteiger charge is -2.06. The molecular weight excluding hydrogens is 320 g/mol. The molecule has 0 aliphatic heterocycles. The van der Waals surface area contributed by atoms with Crippen LogP contribution in [0.25, 0.3) is 10.2 Å². The van der Waals surface area contributed by atoms with Crippen LogP contribution < -0.4 is 0 Å². The maximum atomic E-state index is 11.0. The summed E-state index contributed by atoms with van der Waals surface area (Å²) in [5.41, 5.74) is 0.279. The molecule has 1 aromatic carbocycles. The lowest BCUT2D eigenvalue weighted by molar-refractivity contribution is -0.384. The number of rotatable bonds is 6. The SMILES string of the molecule is O=C(O)CC(Sc1nc2cc([N+](=O)[O-])ccc2s1)C(=O)O. The van der Waals surface area contributed by atoms with Gasteiger partial charge in [0.25, 0.3) is 5.69 Å². The Labute approximate surface area is 125 Å². The number of nitrogens with zero attached hydrogens (tertiary/aromatic N) is 2. The second-order valence-electron chi connectivity index (χ2n) is 3.93. The highest BCUT2D eigenvalue weighted by Crippen LogP contribution is 2.34. The van der Waals surface area contributed by atoms with E-state index >= 15 is 0 Å². The molecule has 10 heteroatoms. The molecule has 110 valence electrons. The first kappa shape index (κ1) is 15.2. The van der Waals surface area contributed by atoms with Crippen molar-refractivity contribution >= 4 is 50.9 Å². The summed E-state index contributed by atoms with van der Waals surface area (Å²) in [5.74, 6) is -2.46. The van der Waals surface area contributed by atoms with E-state index in [1.807, 2.05) is 0 Å². The molecule has 0 amide bonds. The zero-order valence-corrected chi connectivity index (χ0v) is 11.9. The van der Waals surface area contributed by atoms with Crippen LogP contribution in [0.1, 0.15) is 6.42 Å². The van der Waals surface area contributed by atoms with Crippen molar-refractivity contribution in [2.75, 3.05) is 0 Å². The van der Waals surface area contributed by atoms with Gasteiger partial charge >= 0.3 is 11.9 Å². The van der Waals surface area contributed by atoms with Crippen molar-refractivity contribution < 1.29 is 24.7 Å². The Morgan fingerprint density at radius 1 is 1.43 bits per heavy atom. The van der Waals surface area contributed by atoms with Gasteiger partial charge in [0.05, 0.1) is 21.6 Å². The Kier molecular flexibility index (Phi) is 4.38. The summed E-state index contributed by atoms with van der Waals surface area (Å²) in [6, 6.07) is 4.16. The second kappa shape index (κ2) is 6.06. The highest BCUT2D eigenvalue weighted by molar-refractivity contribution is 8.02. The van der Waals surface area contributed by atoms with Gasteiger partial charge in [-0.3, -0.25) is 19.7 Å². The molecule has 0 aliphatic carbocycles. The van der Waals surface area contributed by atoms with Gasteiger partial charge in [0.15, 0.2) is 4.34 Å². The van der Waals surface area contributed by atoms with Crippen LogP contribution >= 0.6 is 23.1 Å². The van der Waals surface area contributed by atoms with Crippen LogP contribution in [-0.2, 0) is 9.59 Å². The first-order chi connectivity index (χ1) is 9.86. The Hall–Kier alpha value is -2.20. The number of nitro groups is 1. The van der Waals surface area contributed by atoms with Gasteiger partial charge < -0.3 is 10.2 Å². The van der Waals surface area contributed by atoms with Gasteiger partial charge in [0, 0.05) is 12.1 Å². The van der Waals surface area contributed by atoms with Gasteiger partial charge in [0.1, 0.15) is 5.25 Å². The Balaban J connectivity index is 2.27. The van der Waals surface area contributed by atoms with Crippen LogP contribution in [-0.4, -0.2) is 37.3 Å². The molecule has 1 atom stereocenters. The molecule has 0 saturated heterocycles. The molecular formula is C11H8N2O6S2. The summed E-state index contributed by atoms with van der Waals surface area (Å²) in [4.78, 5) is 35.9. The summed E-state index contributed by atoms with van der Waals surface area (Å²) >= 11 is 1.99. The van der Waals surface area contributed by atoms with Crippen molar-refractivity contribution in [3.05, 3.63) is 28.3 Å². The second-order valence-corrected chi connectivity index (χ2v) is 6.41. The van der Waals surface area contributed by atoms with Crippen LogP contribution in [0.4, 0.5) is 5.69 Å². The average molecular weight is 328 g/mol. The van der Waals surface area contributed by atoms with Crippen LogP contribution in [0.2, 0.25) is 0 Å². The van der Waals surface area contributed by atoms with Gasteiger partial charge in [0.2, 0.25) is 0 Å². The maximum absolute atomic E-state index is 11.0. The molecule has 1 aromatic heterocycles. The van der Waals surface area contributed by atoms with Gasteiger partial charge in [-0.15, -0.1) is 11.3 Å². The largest absolute Gasteiger partial charge is 0.481 e. The van der Waals surface area contributed by atoms with Gasteiger partial charge in [-0.1, -0.05) is 11.8 Å². The number of carbonyl (C=O) groups is 2. The first-order valence-corrected chi connectivity index (χ1v) is 7.22. The monoisotopic (exact) mass is 328 g/mol. The number of benzene rings is 1. The van der Waals surface area contributed by atoms with E-state index in [9.17, 15) is 19.7 Å². The summed E-state index contributed by atoms with van der Waals surface area (Å²) in [6.07, 6.45) is -0.532.